The fraction of sp³-hybridized carbons (Fsp3) is 0.296. The van der Waals surface area contributed by atoms with Crippen LogP contribution in [0.5, 0.6) is 0 Å². The first-order valence-electron chi connectivity index (χ1n) is 10.7. The molecule has 0 radical (unpaired) electrons. The van der Waals surface area contributed by atoms with Crippen molar-refractivity contribution < 1.29 is 4.79 Å². The van der Waals surface area contributed by atoms with Gasteiger partial charge in [-0.25, -0.2) is 0 Å². The number of nitrogens with one attached hydrogen (secondary N) is 1. The second kappa shape index (κ2) is 7.51. The Morgan fingerprint density at radius 2 is 1.69 bits per heavy atom. The molecule has 29 heavy (non-hydrogen) atoms. The molecule has 0 aliphatic heterocycles. The molecule has 0 unspecified atom stereocenters. The fourth-order valence-electron chi connectivity index (χ4n) is 5.11. The van der Waals surface area contributed by atoms with Crippen LogP contribution in [0.25, 0.3) is 21.9 Å². The largest absolute Gasteiger partial charge is 0.349 e. The Balaban J connectivity index is 1.38. The molecule has 1 amide bonds. The van der Waals surface area contributed by atoms with Crippen molar-refractivity contribution in [3.63, 3.8) is 0 Å². The van der Waals surface area contributed by atoms with Crippen molar-refractivity contribution in [2.24, 2.45) is 11.8 Å². The van der Waals surface area contributed by atoms with E-state index in [2.05, 4.69) is 66.8 Å². The third-order valence-electron chi connectivity index (χ3n) is 6.73. The number of carbonyl (C=O) groups is 1. The van der Waals surface area contributed by atoms with Crippen molar-refractivity contribution in [3.05, 3.63) is 83.9 Å². The molecule has 6 rings (SSSR count). The van der Waals surface area contributed by atoms with Gasteiger partial charge in [0.25, 0.3) is 5.91 Å². The number of benzene rings is 3. The van der Waals surface area contributed by atoms with Gasteiger partial charge in [-0.2, -0.15) is 0 Å². The molecule has 3 aliphatic rings. The van der Waals surface area contributed by atoms with Crippen LogP contribution in [0.4, 0.5) is 0 Å². The lowest BCUT2D eigenvalue weighted by Crippen LogP contribution is -2.35. The molecule has 1 saturated carbocycles. The number of rotatable bonds is 3. The standard InChI is InChI=1S/C27H27NO/c1-18-13-19-7-8-22(18)17-26(14-19)28-27(29)24-12-10-21-9-11-23(15-25(21)16-24)20-5-3-2-4-6-20/h2-6,9-13,15-16,19,22,26H,7-8,14,17H2,1H3,(H,28,29)/t19-,22-,26+/m0/s1. The molecular weight excluding hydrogens is 354 g/mol. The Morgan fingerprint density at radius 3 is 2.52 bits per heavy atom. The highest BCUT2D eigenvalue weighted by Crippen LogP contribution is 2.38. The molecule has 0 spiro atoms. The summed E-state index contributed by atoms with van der Waals surface area (Å²) in [7, 11) is 0. The quantitative estimate of drug-likeness (QED) is 0.525. The average molecular weight is 382 g/mol. The van der Waals surface area contributed by atoms with E-state index in [1.807, 2.05) is 18.2 Å². The zero-order chi connectivity index (χ0) is 19.8. The van der Waals surface area contributed by atoms with Gasteiger partial charge < -0.3 is 5.32 Å². The second-order valence-corrected chi connectivity index (χ2v) is 8.73. The van der Waals surface area contributed by atoms with Gasteiger partial charge in [0.1, 0.15) is 0 Å². The van der Waals surface area contributed by atoms with Gasteiger partial charge in [-0.05, 0) is 84.5 Å². The number of allylic oxidation sites excluding steroid dienone is 2. The van der Waals surface area contributed by atoms with Crippen LogP contribution in [-0.4, -0.2) is 11.9 Å². The molecule has 2 nitrogen and oxygen atoms in total. The van der Waals surface area contributed by atoms with Gasteiger partial charge in [-0.1, -0.05) is 60.2 Å². The van der Waals surface area contributed by atoms with E-state index in [1.54, 1.807) is 0 Å². The lowest BCUT2D eigenvalue weighted by atomic mass is 9.85. The van der Waals surface area contributed by atoms with Crippen LogP contribution in [0, 0.1) is 11.8 Å². The summed E-state index contributed by atoms with van der Waals surface area (Å²) in [6, 6.07) is 23.2. The van der Waals surface area contributed by atoms with Crippen LogP contribution < -0.4 is 5.32 Å². The zero-order valence-corrected chi connectivity index (χ0v) is 16.9. The van der Waals surface area contributed by atoms with Crippen molar-refractivity contribution >= 4 is 16.7 Å². The predicted octanol–water partition coefficient (Wildman–Crippen LogP) is 6.37. The fourth-order valence-corrected chi connectivity index (χ4v) is 5.11. The van der Waals surface area contributed by atoms with Crippen LogP contribution in [0.3, 0.4) is 0 Å². The summed E-state index contributed by atoms with van der Waals surface area (Å²) in [5.41, 5.74) is 4.65. The van der Waals surface area contributed by atoms with Gasteiger partial charge in [0, 0.05) is 11.6 Å². The summed E-state index contributed by atoms with van der Waals surface area (Å²) in [5.74, 6) is 1.33. The SMILES string of the molecule is CC1=C[C@@H]2CC[C@H]1C[C@H](NC(=O)c1ccc3ccc(-c4ccccc4)cc3c1)C2. The number of hydrogen-bond acceptors (Lipinski definition) is 1. The van der Waals surface area contributed by atoms with Crippen molar-refractivity contribution in [1.82, 2.24) is 5.32 Å². The third-order valence-corrected chi connectivity index (χ3v) is 6.73. The minimum absolute atomic E-state index is 0.0565. The molecule has 2 bridgehead atoms. The van der Waals surface area contributed by atoms with E-state index < -0.39 is 0 Å². The van der Waals surface area contributed by atoms with E-state index >= 15 is 0 Å². The maximum absolute atomic E-state index is 13.0. The topological polar surface area (TPSA) is 29.1 Å². The molecule has 1 N–H and O–H groups in total. The summed E-state index contributed by atoms with van der Waals surface area (Å²) >= 11 is 0. The van der Waals surface area contributed by atoms with E-state index in [0.717, 1.165) is 29.2 Å². The molecule has 146 valence electrons. The average Bonchev–Trinajstić information content (AvgIpc) is 3.03. The third kappa shape index (κ3) is 3.72. The first-order chi connectivity index (χ1) is 14.2. The van der Waals surface area contributed by atoms with E-state index in [4.69, 9.17) is 0 Å². The molecule has 3 aliphatic carbocycles. The van der Waals surface area contributed by atoms with E-state index in [9.17, 15) is 4.79 Å². The molecule has 0 aromatic heterocycles. The highest BCUT2D eigenvalue weighted by Gasteiger charge is 2.30. The molecule has 3 aromatic rings. The maximum atomic E-state index is 13.0. The Kier molecular flexibility index (Phi) is 4.71. The van der Waals surface area contributed by atoms with Crippen LogP contribution in [-0.2, 0) is 0 Å². The monoisotopic (exact) mass is 381 g/mol. The predicted molar refractivity (Wildman–Crippen MR) is 120 cm³/mol. The molecule has 3 aromatic carbocycles. The highest BCUT2D eigenvalue weighted by atomic mass is 16.1. The molecule has 0 saturated heterocycles. The van der Waals surface area contributed by atoms with Crippen molar-refractivity contribution in [3.8, 4) is 11.1 Å². The van der Waals surface area contributed by atoms with Crippen LogP contribution >= 0.6 is 0 Å². The number of amides is 1. The summed E-state index contributed by atoms with van der Waals surface area (Å²) in [6.45, 7) is 2.26. The normalized spacial score (nSPS) is 23.5. The summed E-state index contributed by atoms with van der Waals surface area (Å²) in [5, 5.41) is 5.60. The van der Waals surface area contributed by atoms with E-state index in [1.165, 1.54) is 29.5 Å². The van der Waals surface area contributed by atoms with Crippen molar-refractivity contribution in [2.75, 3.05) is 0 Å². The van der Waals surface area contributed by atoms with Gasteiger partial charge >= 0.3 is 0 Å². The molecule has 3 atom stereocenters. The highest BCUT2D eigenvalue weighted by molar-refractivity contribution is 5.99. The summed E-state index contributed by atoms with van der Waals surface area (Å²) in [4.78, 5) is 13.0. The van der Waals surface area contributed by atoms with Crippen molar-refractivity contribution in [2.45, 2.75) is 38.6 Å². The van der Waals surface area contributed by atoms with Gasteiger partial charge in [0.2, 0.25) is 0 Å². The van der Waals surface area contributed by atoms with Crippen LogP contribution in [0.1, 0.15) is 43.0 Å². The summed E-state index contributed by atoms with van der Waals surface area (Å²) < 4.78 is 0. The lowest BCUT2D eigenvalue weighted by Gasteiger charge is -2.21. The Bertz CT molecular complexity index is 1080. The first kappa shape index (κ1) is 18.2. The Hall–Kier alpha value is -2.87. The van der Waals surface area contributed by atoms with E-state index in [-0.39, 0.29) is 11.9 Å². The maximum Gasteiger partial charge on any atom is 0.251 e. The van der Waals surface area contributed by atoms with Gasteiger partial charge in [0.15, 0.2) is 0 Å². The van der Waals surface area contributed by atoms with Crippen LogP contribution in [0.15, 0.2) is 78.4 Å². The number of carbonyl (C=O) groups excluding carboxylic acids is 1. The second-order valence-electron chi connectivity index (χ2n) is 8.73. The number of fused-ring (bicyclic) bond motifs is 4. The van der Waals surface area contributed by atoms with Gasteiger partial charge in [-0.3, -0.25) is 4.79 Å². The first-order valence-corrected chi connectivity index (χ1v) is 10.7. The molecule has 0 heterocycles. The lowest BCUT2D eigenvalue weighted by molar-refractivity contribution is 0.0931. The smallest absolute Gasteiger partial charge is 0.251 e. The van der Waals surface area contributed by atoms with E-state index in [0.29, 0.717) is 11.8 Å². The van der Waals surface area contributed by atoms with Crippen molar-refractivity contribution in [1.29, 1.82) is 0 Å². The zero-order valence-electron chi connectivity index (χ0n) is 16.9. The summed E-state index contributed by atoms with van der Waals surface area (Å²) in [6.07, 6.45) is 7.15. The van der Waals surface area contributed by atoms with Gasteiger partial charge in [-0.15, -0.1) is 0 Å². The minimum atomic E-state index is 0.0565. The molecule has 2 heteroatoms. The minimum Gasteiger partial charge on any atom is -0.349 e. The molecular formula is C27H27NO. The van der Waals surface area contributed by atoms with Crippen LogP contribution in [0.2, 0.25) is 0 Å². The van der Waals surface area contributed by atoms with Gasteiger partial charge in [0.05, 0.1) is 0 Å². The Morgan fingerprint density at radius 1 is 0.862 bits per heavy atom. The Labute approximate surface area is 172 Å². The molecule has 1 fully saturated rings. The number of hydrogen-bond donors (Lipinski definition) is 1.